The zero-order valence-corrected chi connectivity index (χ0v) is 14.9. The van der Waals surface area contributed by atoms with Gasteiger partial charge < -0.3 is 10.6 Å². The smallest absolute Gasteiger partial charge is 0.238 e. The molecule has 0 fully saturated rings. The number of benzene rings is 2. The van der Waals surface area contributed by atoms with Gasteiger partial charge in [-0.1, -0.05) is 23.7 Å². The Labute approximate surface area is 145 Å². The summed E-state index contributed by atoms with van der Waals surface area (Å²) in [6, 6.07) is 10.3. The fourth-order valence-corrected chi connectivity index (χ4v) is 3.17. The lowest BCUT2D eigenvalue weighted by molar-refractivity contribution is 0.597. The molecule has 0 heterocycles. The van der Waals surface area contributed by atoms with Crippen molar-refractivity contribution in [2.45, 2.75) is 18.7 Å². The third-order valence-corrected chi connectivity index (χ3v) is 4.85. The van der Waals surface area contributed by atoms with Crippen LogP contribution in [-0.2, 0) is 10.0 Å². The van der Waals surface area contributed by atoms with Crippen LogP contribution < -0.4 is 15.8 Å². The lowest BCUT2D eigenvalue weighted by Crippen LogP contribution is -2.20. The molecule has 5 nitrogen and oxygen atoms in total. The third-order valence-electron chi connectivity index (χ3n) is 3.18. The van der Waals surface area contributed by atoms with Crippen LogP contribution in [0, 0.1) is 13.8 Å². The van der Waals surface area contributed by atoms with Crippen LogP contribution in [0.5, 0.6) is 0 Å². The molecular formula is C15H16ClN3O2S2. The summed E-state index contributed by atoms with van der Waals surface area (Å²) < 4.78 is 23.1. The molecule has 0 saturated heterocycles. The summed E-state index contributed by atoms with van der Waals surface area (Å²) in [5.74, 6) is 0. The Kier molecular flexibility index (Phi) is 5.26. The second-order valence-electron chi connectivity index (χ2n) is 5.07. The topological polar surface area (TPSA) is 84.2 Å². The van der Waals surface area contributed by atoms with Gasteiger partial charge in [-0.05, 0) is 61.5 Å². The highest BCUT2D eigenvalue weighted by atomic mass is 35.5. The summed E-state index contributed by atoms with van der Waals surface area (Å²) in [7, 11) is -3.78. The van der Waals surface area contributed by atoms with Crippen molar-refractivity contribution in [1.29, 1.82) is 0 Å². The Morgan fingerprint density at radius 1 is 1.04 bits per heavy atom. The predicted octanol–water partition coefficient (Wildman–Crippen LogP) is 3.41. The van der Waals surface area contributed by atoms with Crippen molar-refractivity contribution in [3.63, 3.8) is 0 Å². The number of sulfonamides is 1. The van der Waals surface area contributed by atoms with E-state index in [4.69, 9.17) is 29.0 Å². The fourth-order valence-electron chi connectivity index (χ4n) is 1.95. The zero-order chi connectivity index (χ0) is 17.2. The van der Waals surface area contributed by atoms with Crippen molar-refractivity contribution in [1.82, 2.24) is 0 Å². The Morgan fingerprint density at radius 2 is 1.57 bits per heavy atom. The van der Waals surface area contributed by atoms with Gasteiger partial charge in [0.2, 0.25) is 10.0 Å². The van der Waals surface area contributed by atoms with E-state index in [1.807, 2.05) is 19.1 Å². The van der Waals surface area contributed by atoms with E-state index in [-0.39, 0.29) is 4.90 Å². The number of nitrogens with one attached hydrogen (secondary N) is 2. The first-order valence-electron chi connectivity index (χ1n) is 6.64. The first-order chi connectivity index (χ1) is 10.7. The van der Waals surface area contributed by atoms with Crippen LogP contribution in [-0.4, -0.2) is 13.5 Å². The Balaban J connectivity index is 2.16. The molecule has 4 N–H and O–H groups in total. The molecular weight excluding hydrogens is 354 g/mol. The van der Waals surface area contributed by atoms with Gasteiger partial charge in [0.05, 0.1) is 4.90 Å². The average Bonchev–Trinajstić information content (AvgIpc) is 2.44. The molecule has 0 atom stereocenters. The molecule has 0 amide bonds. The second-order valence-corrected chi connectivity index (χ2v) is 7.41. The first-order valence-corrected chi connectivity index (χ1v) is 8.97. The first kappa shape index (κ1) is 17.7. The van der Waals surface area contributed by atoms with E-state index >= 15 is 0 Å². The number of rotatable bonds is 3. The molecule has 8 heteroatoms. The number of anilines is 2. The molecule has 0 saturated carbocycles. The van der Waals surface area contributed by atoms with Gasteiger partial charge in [-0.2, -0.15) is 0 Å². The van der Waals surface area contributed by atoms with Crippen molar-refractivity contribution >= 4 is 50.3 Å². The van der Waals surface area contributed by atoms with Gasteiger partial charge in [0.1, 0.15) is 0 Å². The number of thiocarbonyl (C=S) groups is 1. The highest BCUT2D eigenvalue weighted by Gasteiger charge is 2.12. The minimum absolute atomic E-state index is 0.0590. The number of aryl methyl sites for hydroxylation is 2. The molecule has 0 spiro atoms. The van der Waals surface area contributed by atoms with E-state index < -0.39 is 10.0 Å². The minimum Gasteiger partial charge on any atom is -0.332 e. The number of hydrogen-bond acceptors (Lipinski definition) is 3. The summed E-state index contributed by atoms with van der Waals surface area (Å²) in [4.78, 5) is 0.0590. The van der Waals surface area contributed by atoms with Crippen molar-refractivity contribution in [3.05, 3.63) is 52.5 Å². The molecule has 0 unspecified atom stereocenters. The van der Waals surface area contributed by atoms with Gasteiger partial charge in [0, 0.05) is 16.4 Å². The number of halogens is 1. The maximum absolute atomic E-state index is 11.5. The quantitative estimate of drug-likeness (QED) is 0.722. The van der Waals surface area contributed by atoms with Crippen LogP contribution in [0.1, 0.15) is 11.1 Å². The molecule has 0 bridgehead atoms. The van der Waals surface area contributed by atoms with E-state index in [2.05, 4.69) is 10.6 Å². The van der Waals surface area contributed by atoms with Crippen LogP contribution in [0.3, 0.4) is 0 Å². The van der Waals surface area contributed by atoms with Crippen LogP contribution in [0.15, 0.2) is 41.3 Å². The summed E-state index contributed by atoms with van der Waals surface area (Å²) in [6.07, 6.45) is 0. The molecule has 2 aromatic carbocycles. The van der Waals surface area contributed by atoms with Crippen molar-refractivity contribution in [2.75, 3.05) is 10.6 Å². The van der Waals surface area contributed by atoms with Gasteiger partial charge >= 0.3 is 0 Å². The van der Waals surface area contributed by atoms with E-state index in [0.717, 1.165) is 11.3 Å². The number of hydrogen-bond donors (Lipinski definition) is 3. The highest BCUT2D eigenvalue weighted by molar-refractivity contribution is 7.89. The standard InChI is InChI=1S/C15H16ClN3O2S2/c1-9-3-5-11(7-13(9)16)18-15(22)19-12-6-4-10(2)14(8-12)23(17,20)21/h3-8H,1-2H3,(H2,17,20,21)(H2,18,19,22). The Bertz CT molecular complexity index is 867. The summed E-state index contributed by atoms with van der Waals surface area (Å²) in [6.45, 7) is 3.58. The lowest BCUT2D eigenvalue weighted by atomic mass is 10.2. The van der Waals surface area contributed by atoms with Crippen molar-refractivity contribution in [3.8, 4) is 0 Å². The van der Waals surface area contributed by atoms with E-state index in [1.165, 1.54) is 6.07 Å². The summed E-state index contributed by atoms with van der Waals surface area (Å²) >= 11 is 11.3. The molecule has 2 rings (SSSR count). The molecule has 122 valence electrons. The van der Waals surface area contributed by atoms with E-state index in [1.54, 1.807) is 25.1 Å². The largest absolute Gasteiger partial charge is 0.332 e. The SMILES string of the molecule is Cc1ccc(NC(=S)Nc2ccc(C)c(S(N)(=O)=O)c2)cc1Cl. The molecule has 0 aliphatic heterocycles. The maximum atomic E-state index is 11.5. The van der Waals surface area contributed by atoms with E-state index in [9.17, 15) is 8.42 Å². The fraction of sp³-hybridized carbons (Fsp3) is 0.133. The van der Waals surface area contributed by atoms with Crippen LogP contribution in [0.4, 0.5) is 11.4 Å². The minimum atomic E-state index is -3.78. The zero-order valence-electron chi connectivity index (χ0n) is 12.6. The lowest BCUT2D eigenvalue weighted by Gasteiger charge is -2.13. The van der Waals surface area contributed by atoms with Gasteiger partial charge in [-0.15, -0.1) is 0 Å². The maximum Gasteiger partial charge on any atom is 0.238 e. The number of primary sulfonamides is 1. The Morgan fingerprint density at radius 3 is 2.09 bits per heavy atom. The van der Waals surface area contributed by atoms with Crippen molar-refractivity contribution in [2.24, 2.45) is 5.14 Å². The molecule has 0 aromatic heterocycles. The number of nitrogens with two attached hydrogens (primary N) is 1. The highest BCUT2D eigenvalue weighted by Crippen LogP contribution is 2.21. The van der Waals surface area contributed by atoms with Gasteiger partial charge in [-0.25, -0.2) is 13.6 Å². The van der Waals surface area contributed by atoms with Gasteiger partial charge in [0.25, 0.3) is 0 Å². The van der Waals surface area contributed by atoms with Gasteiger partial charge in [0.15, 0.2) is 5.11 Å². The van der Waals surface area contributed by atoms with Crippen LogP contribution in [0.2, 0.25) is 5.02 Å². The summed E-state index contributed by atoms with van der Waals surface area (Å²) in [5.41, 5.74) is 2.79. The normalized spacial score (nSPS) is 11.1. The molecule has 2 aromatic rings. The van der Waals surface area contributed by atoms with Gasteiger partial charge in [-0.3, -0.25) is 0 Å². The second kappa shape index (κ2) is 6.84. The van der Waals surface area contributed by atoms with E-state index in [0.29, 0.717) is 21.4 Å². The average molecular weight is 370 g/mol. The summed E-state index contributed by atoms with van der Waals surface area (Å²) in [5, 5.41) is 12.0. The predicted molar refractivity (Wildman–Crippen MR) is 98.6 cm³/mol. The molecule has 0 radical (unpaired) electrons. The van der Waals surface area contributed by atoms with Crippen LogP contribution >= 0.6 is 23.8 Å². The molecule has 0 aliphatic carbocycles. The van der Waals surface area contributed by atoms with Crippen molar-refractivity contribution < 1.29 is 8.42 Å². The monoisotopic (exact) mass is 369 g/mol. The Hall–Kier alpha value is -1.67. The molecule has 0 aliphatic rings. The third kappa shape index (κ3) is 4.65. The molecule has 23 heavy (non-hydrogen) atoms. The van der Waals surface area contributed by atoms with Crippen LogP contribution in [0.25, 0.3) is 0 Å².